The van der Waals surface area contributed by atoms with Crippen LogP contribution < -0.4 is 5.32 Å². The molecule has 1 spiro atoms. The van der Waals surface area contributed by atoms with Crippen molar-refractivity contribution >= 4 is 29.5 Å². The smallest absolute Gasteiger partial charge is 0.326 e. The first-order valence-electron chi connectivity index (χ1n) is 8.73. The third-order valence-corrected chi connectivity index (χ3v) is 5.50. The second kappa shape index (κ2) is 6.91. The molecule has 4 rings (SSSR count). The molecule has 2 aliphatic rings. The summed E-state index contributed by atoms with van der Waals surface area (Å²) in [5.41, 5.74) is 0.649. The number of imide groups is 1. The zero-order valence-corrected chi connectivity index (χ0v) is 15.5. The molecular formula is C20H16ClFN2O4. The van der Waals surface area contributed by atoms with Gasteiger partial charge in [0.2, 0.25) is 0 Å². The molecule has 2 aromatic carbocycles. The van der Waals surface area contributed by atoms with Crippen molar-refractivity contribution in [3.05, 3.63) is 70.0 Å². The molecule has 0 bridgehead atoms. The van der Waals surface area contributed by atoms with Gasteiger partial charge >= 0.3 is 12.0 Å². The van der Waals surface area contributed by atoms with E-state index in [2.05, 4.69) is 5.32 Å². The Bertz CT molecular complexity index is 976. The summed E-state index contributed by atoms with van der Waals surface area (Å²) in [4.78, 5) is 38.4. The second-order valence-electron chi connectivity index (χ2n) is 6.74. The lowest BCUT2D eigenvalue weighted by Crippen LogP contribution is -2.42. The van der Waals surface area contributed by atoms with Gasteiger partial charge in [0.25, 0.3) is 5.91 Å². The van der Waals surface area contributed by atoms with E-state index in [0.29, 0.717) is 12.8 Å². The van der Waals surface area contributed by atoms with Gasteiger partial charge in [-0.1, -0.05) is 41.9 Å². The third kappa shape index (κ3) is 2.92. The zero-order chi connectivity index (χ0) is 19.9. The van der Waals surface area contributed by atoms with E-state index >= 15 is 0 Å². The van der Waals surface area contributed by atoms with Crippen LogP contribution in [0.5, 0.6) is 0 Å². The van der Waals surface area contributed by atoms with Crippen LogP contribution in [0.4, 0.5) is 9.18 Å². The van der Waals surface area contributed by atoms with Crippen molar-refractivity contribution in [3.8, 4) is 0 Å². The van der Waals surface area contributed by atoms with Crippen molar-refractivity contribution in [3.63, 3.8) is 0 Å². The van der Waals surface area contributed by atoms with Gasteiger partial charge in [-0.15, -0.1) is 0 Å². The number of benzene rings is 2. The predicted octanol–water partition coefficient (Wildman–Crippen LogP) is 2.92. The molecule has 1 fully saturated rings. The molecule has 6 nitrogen and oxygen atoms in total. The maximum absolute atomic E-state index is 13.8. The molecule has 1 N–H and O–H groups in total. The molecule has 2 aromatic rings. The van der Waals surface area contributed by atoms with Crippen LogP contribution in [-0.2, 0) is 32.9 Å². The minimum Gasteiger partial charge on any atom is -0.459 e. The lowest BCUT2D eigenvalue weighted by atomic mass is 9.92. The first-order valence-corrected chi connectivity index (χ1v) is 9.11. The molecule has 28 heavy (non-hydrogen) atoms. The summed E-state index contributed by atoms with van der Waals surface area (Å²) in [5, 5.41) is 2.86. The van der Waals surface area contributed by atoms with E-state index in [1.165, 1.54) is 18.2 Å². The van der Waals surface area contributed by atoms with Gasteiger partial charge < -0.3 is 10.1 Å². The lowest BCUT2D eigenvalue weighted by molar-refractivity contribution is -0.149. The fourth-order valence-electron chi connectivity index (χ4n) is 3.73. The van der Waals surface area contributed by atoms with Gasteiger partial charge in [-0.2, -0.15) is 0 Å². The molecule has 144 valence electrons. The molecule has 1 aliphatic heterocycles. The Balaban J connectivity index is 1.46. The highest BCUT2D eigenvalue weighted by atomic mass is 35.5. The fourth-order valence-corrected chi connectivity index (χ4v) is 3.95. The average Bonchev–Trinajstić information content (AvgIpc) is 3.15. The maximum Gasteiger partial charge on any atom is 0.326 e. The van der Waals surface area contributed by atoms with E-state index in [-0.39, 0.29) is 17.2 Å². The Morgan fingerprint density at radius 2 is 2.00 bits per heavy atom. The second-order valence-corrected chi connectivity index (χ2v) is 7.15. The minimum absolute atomic E-state index is 0.0379. The largest absolute Gasteiger partial charge is 0.459 e. The highest BCUT2D eigenvalue weighted by Gasteiger charge is 2.55. The van der Waals surface area contributed by atoms with Gasteiger partial charge in [-0.3, -0.25) is 14.5 Å². The Morgan fingerprint density at radius 1 is 1.21 bits per heavy atom. The van der Waals surface area contributed by atoms with Crippen LogP contribution in [0.2, 0.25) is 5.02 Å². The van der Waals surface area contributed by atoms with E-state index in [4.69, 9.17) is 16.3 Å². The molecule has 1 atom stereocenters. The minimum atomic E-state index is -1.14. The highest BCUT2D eigenvalue weighted by molar-refractivity contribution is 6.31. The first kappa shape index (κ1) is 18.4. The summed E-state index contributed by atoms with van der Waals surface area (Å²) < 4.78 is 18.8. The zero-order valence-electron chi connectivity index (χ0n) is 14.7. The summed E-state index contributed by atoms with van der Waals surface area (Å²) in [6.45, 7) is -0.942. The van der Waals surface area contributed by atoms with E-state index in [1.54, 1.807) is 6.07 Å². The number of fused-ring (bicyclic) bond motifs is 2. The van der Waals surface area contributed by atoms with Crippen LogP contribution in [0.15, 0.2) is 42.5 Å². The number of carbonyl (C=O) groups excluding carboxylic acids is 3. The van der Waals surface area contributed by atoms with E-state index in [0.717, 1.165) is 16.0 Å². The van der Waals surface area contributed by atoms with Crippen LogP contribution in [0.3, 0.4) is 0 Å². The topological polar surface area (TPSA) is 75.7 Å². The molecule has 0 aromatic heterocycles. The molecular weight excluding hydrogens is 387 g/mol. The fraction of sp³-hybridized carbons (Fsp3) is 0.250. The summed E-state index contributed by atoms with van der Waals surface area (Å²) in [6.07, 6.45) is 1.10. The van der Waals surface area contributed by atoms with Crippen molar-refractivity contribution in [1.29, 1.82) is 0 Å². The first-order chi connectivity index (χ1) is 13.4. The van der Waals surface area contributed by atoms with Crippen LogP contribution in [0.1, 0.15) is 23.1 Å². The Hall–Kier alpha value is -2.93. The van der Waals surface area contributed by atoms with E-state index < -0.39 is 35.8 Å². The van der Waals surface area contributed by atoms with Gasteiger partial charge in [0.1, 0.15) is 24.5 Å². The van der Waals surface area contributed by atoms with Crippen LogP contribution in [-0.4, -0.2) is 29.4 Å². The number of aryl methyl sites for hydroxylation is 1. The molecule has 0 saturated carbocycles. The van der Waals surface area contributed by atoms with Crippen LogP contribution in [0, 0.1) is 5.82 Å². The van der Waals surface area contributed by atoms with Gasteiger partial charge in [0.05, 0.1) is 5.02 Å². The number of ether oxygens (including phenoxy) is 1. The lowest BCUT2D eigenvalue weighted by Gasteiger charge is -2.22. The normalized spacial score (nSPS) is 20.4. The Morgan fingerprint density at radius 3 is 2.79 bits per heavy atom. The molecule has 1 unspecified atom stereocenters. The predicted molar refractivity (Wildman–Crippen MR) is 97.9 cm³/mol. The number of hydrogen-bond donors (Lipinski definition) is 1. The Labute approximate surface area is 165 Å². The van der Waals surface area contributed by atoms with Gasteiger partial charge in [-0.25, -0.2) is 9.18 Å². The number of nitrogens with one attached hydrogen (secondary N) is 1. The molecule has 1 heterocycles. The molecule has 1 saturated heterocycles. The van der Waals surface area contributed by atoms with E-state index in [1.807, 2.05) is 18.2 Å². The van der Waals surface area contributed by atoms with Crippen molar-refractivity contribution in [2.75, 3.05) is 6.54 Å². The van der Waals surface area contributed by atoms with E-state index in [9.17, 15) is 18.8 Å². The van der Waals surface area contributed by atoms with Crippen molar-refractivity contribution < 1.29 is 23.5 Å². The van der Waals surface area contributed by atoms with Gasteiger partial charge in [-0.05, 0) is 36.1 Å². The number of hydrogen-bond acceptors (Lipinski definition) is 4. The summed E-state index contributed by atoms with van der Waals surface area (Å²) in [6, 6.07) is 10.9. The van der Waals surface area contributed by atoms with Crippen molar-refractivity contribution in [2.45, 2.75) is 25.0 Å². The summed E-state index contributed by atoms with van der Waals surface area (Å²) in [5.74, 6) is -1.91. The molecule has 1 aliphatic carbocycles. The summed E-state index contributed by atoms with van der Waals surface area (Å²) >= 11 is 5.90. The molecule has 8 heteroatoms. The van der Waals surface area contributed by atoms with Crippen molar-refractivity contribution in [1.82, 2.24) is 10.2 Å². The summed E-state index contributed by atoms with van der Waals surface area (Å²) in [7, 11) is 0. The third-order valence-electron chi connectivity index (χ3n) is 5.15. The average molecular weight is 403 g/mol. The SMILES string of the molecule is O=C(CN1C(=O)NC2(CCc3ccccc32)C1=O)OCc1c(F)cccc1Cl. The van der Waals surface area contributed by atoms with Gasteiger partial charge in [0, 0.05) is 5.56 Å². The number of esters is 1. The number of urea groups is 1. The number of amides is 3. The Kier molecular flexibility index (Phi) is 4.55. The van der Waals surface area contributed by atoms with Crippen molar-refractivity contribution in [2.24, 2.45) is 0 Å². The molecule has 0 radical (unpaired) electrons. The number of halogens is 2. The maximum atomic E-state index is 13.8. The monoisotopic (exact) mass is 402 g/mol. The molecule has 3 amide bonds. The van der Waals surface area contributed by atoms with Crippen LogP contribution >= 0.6 is 11.6 Å². The highest BCUT2D eigenvalue weighted by Crippen LogP contribution is 2.41. The standard InChI is InChI=1S/C20H16ClFN2O4/c21-15-6-3-7-16(22)13(15)11-28-17(25)10-24-18(26)20(23-19(24)27)9-8-12-4-1-2-5-14(12)20/h1-7H,8-11H2,(H,23,27). The van der Waals surface area contributed by atoms with Crippen LogP contribution in [0.25, 0.3) is 0 Å². The number of nitrogens with zero attached hydrogens (tertiary/aromatic N) is 1. The van der Waals surface area contributed by atoms with Gasteiger partial charge in [0.15, 0.2) is 0 Å². The number of carbonyl (C=O) groups is 3. The number of rotatable bonds is 4. The quantitative estimate of drug-likeness (QED) is 0.630.